The van der Waals surface area contributed by atoms with Crippen molar-refractivity contribution in [1.82, 2.24) is 4.57 Å². The van der Waals surface area contributed by atoms with Gasteiger partial charge in [0, 0.05) is 22.3 Å². The Balaban J connectivity index is 1.79. The van der Waals surface area contributed by atoms with E-state index in [9.17, 15) is 22.7 Å². The molecule has 0 bridgehead atoms. The van der Waals surface area contributed by atoms with Gasteiger partial charge in [-0.15, -0.1) is 0 Å². The minimum atomic E-state index is -3.87. The van der Waals surface area contributed by atoms with Crippen molar-refractivity contribution < 1.29 is 22.7 Å². The Morgan fingerprint density at radius 1 is 1.17 bits per heavy atom. The molecule has 2 N–H and O–H groups in total. The maximum atomic E-state index is 13.1. The highest BCUT2D eigenvalue weighted by atomic mass is 32.2. The van der Waals surface area contributed by atoms with Crippen molar-refractivity contribution in [3.05, 3.63) is 59.5 Å². The number of nitrogens with one attached hydrogen (secondary N) is 1. The van der Waals surface area contributed by atoms with E-state index in [1.165, 1.54) is 12.1 Å². The Morgan fingerprint density at radius 2 is 1.87 bits per heavy atom. The number of carboxylic acid groups (broad SMARTS) is 1. The van der Waals surface area contributed by atoms with Gasteiger partial charge in [0.25, 0.3) is 10.0 Å². The van der Waals surface area contributed by atoms with E-state index in [1.807, 2.05) is 11.5 Å². The Hall–Kier alpha value is -2.87. The van der Waals surface area contributed by atoms with E-state index in [4.69, 9.17) is 0 Å². The predicted octanol–water partition coefficient (Wildman–Crippen LogP) is 4.50. The molecule has 1 aromatic heterocycles. The number of aromatic nitrogens is 1. The zero-order valence-corrected chi connectivity index (χ0v) is 17.4. The number of carboxylic acids is 1. The number of hydrogen-bond donors (Lipinski definition) is 2. The highest BCUT2D eigenvalue weighted by Crippen LogP contribution is 2.37. The van der Waals surface area contributed by atoms with Crippen LogP contribution in [-0.4, -0.2) is 24.1 Å². The summed E-state index contributed by atoms with van der Waals surface area (Å²) in [5.41, 5.74) is 3.32. The first-order valence-electron chi connectivity index (χ1n) is 9.98. The van der Waals surface area contributed by atoms with Crippen LogP contribution in [0.5, 0.6) is 0 Å². The Bertz CT molecular complexity index is 1220. The fourth-order valence-electron chi connectivity index (χ4n) is 4.29. The average molecular weight is 431 g/mol. The molecular formula is C22H23FN2O4S. The van der Waals surface area contributed by atoms with Gasteiger partial charge in [-0.05, 0) is 80.1 Å². The lowest BCUT2D eigenvalue weighted by Gasteiger charge is -2.20. The molecule has 0 radical (unpaired) electrons. The van der Waals surface area contributed by atoms with Crippen molar-refractivity contribution in [1.29, 1.82) is 0 Å². The van der Waals surface area contributed by atoms with Crippen molar-refractivity contribution >= 4 is 32.6 Å². The molecule has 4 rings (SSSR count). The van der Waals surface area contributed by atoms with Gasteiger partial charge in [-0.3, -0.25) is 4.72 Å². The molecule has 1 aliphatic carbocycles. The maximum Gasteiger partial charge on any atom is 0.326 e. The highest BCUT2D eigenvalue weighted by Gasteiger charge is 2.27. The van der Waals surface area contributed by atoms with Gasteiger partial charge in [0.2, 0.25) is 0 Å². The first kappa shape index (κ1) is 20.4. The van der Waals surface area contributed by atoms with Crippen molar-refractivity contribution in [3.8, 4) is 0 Å². The van der Waals surface area contributed by atoms with Crippen molar-refractivity contribution in [3.63, 3.8) is 0 Å². The summed E-state index contributed by atoms with van der Waals surface area (Å²) in [6.45, 7) is 1.85. The minimum absolute atomic E-state index is 0.0273. The van der Waals surface area contributed by atoms with Gasteiger partial charge >= 0.3 is 5.97 Å². The quantitative estimate of drug-likeness (QED) is 0.603. The molecule has 0 saturated carbocycles. The van der Waals surface area contributed by atoms with Crippen LogP contribution in [0.15, 0.2) is 47.4 Å². The SMILES string of the molecule is CCC(C(=O)O)n1c2c(c3cc(NS(=O)(=O)c4ccc(F)cc4)ccc31)CCCC2. The summed E-state index contributed by atoms with van der Waals surface area (Å²) in [6, 6.07) is 9.17. The van der Waals surface area contributed by atoms with Gasteiger partial charge in [-0.2, -0.15) is 0 Å². The largest absolute Gasteiger partial charge is 0.480 e. The number of hydrogen-bond acceptors (Lipinski definition) is 3. The first-order valence-corrected chi connectivity index (χ1v) is 11.5. The van der Waals surface area contributed by atoms with E-state index >= 15 is 0 Å². The number of halogens is 1. The smallest absolute Gasteiger partial charge is 0.326 e. The lowest BCUT2D eigenvalue weighted by atomic mass is 9.95. The number of carbonyl (C=O) groups is 1. The number of nitrogens with zero attached hydrogens (tertiary/aromatic N) is 1. The Kier molecular flexibility index (Phi) is 5.27. The Morgan fingerprint density at radius 3 is 2.53 bits per heavy atom. The van der Waals surface area contributed by atoms with Crippen molar-refractivity contribution in [2.75, 3.05) is 4.72 Å². The van der Waals surface area contributed by atoms with Gasteiger partial charge in [-0.25, -0.2) is 17.6 Å². The van der Waals surface area contributed by atoms with Crippen LogP contribution in [0.3, 0.4) is 0 Å². The molecule has 0 fully saturated rings. The average Bonchev–Trinajstić information content (AvgIpc) is 3.02. The fraction of sp³-hybridized carbons (Fsp3) is 0.318. The summed E-state index contributed by atoms with van der Waals surface area (Å²) < 4.78 is 42.9. The van der Waals surface area contributed by atoms with Crippen molar-refractivity contribution in [2.45, 2.75) is 50.0 Å². The Labute approximate surface area is 174 Å². The number of sulfonamides is 1. The zero-order valence-electron chi connectivity index (χ0n) is 16.6. The van der Waals surface area contributed by atoms with Gasteiger partial charge in [0.1, 0.15) is 11.9 Å². The summed E-state index contributed by atoms with van der Waals surface area (Å²) in [4.78, 5) is 11.8. The van der Waals surface area contributed by atoms with Crippen LogP contribution in [-0.2, 0) is 27.7 Å². The molecule has 0 aliphatic heterocycles. The van der Waals surface area contributed by atoms with Crippen LogP contribution < -0.4 is 4.72 Å². The standard InChI is InChI=1S/C22H23FN2O4S/c1-2-19(22(26)27)25-20-6-4-3-5-17(20)18-13-15(9-12-21(18)25)24-30(28,29)16-10-7-14(23)8-11-16/h7-13,19,24H,2-6H2,1H3,(H,26,27). The second-order valence-electron chi connectivity index (χ2n) is 7.56. The third-order valence-electron chi connectivity index (χ3n) is 5.67. The maximum absolute atomic E-state index is 13.1. The molecule has 6 nitrogen and oxygen atoms in total. The summed E-state index contributed by atoms with van der Waals surface area (Å²) in [5, 5.41) is 10.6. The predicted molar refractivity (Wildman–Crippen MR) is 113 cm³/mol. The van der Waals surface area contributed by atoms with Gasteiger partial charge in [0.05, 0.1) is 4.90 Å². The summed E-state index contributed by atoms with van der Waals surface area (Å²) >= 11 is 0. The number of benzene rings is 2. The first-order chi connectivity index (χ1) is 14.3. The summed E-state index contributed by atoms with van der Waals surface area (Å²) in [7, 11) is -3.87. The van der Waals surface area contributed by atoms with E-state index in [0.29, 0.717) is 12.1 Å². The molecule has 1 unspecified atom stereocenters. The van der Waals surface area contributed by atoms with Crippen molar-refractivity contribution in [2.24, 2.45) is 0 Å². The van der Waals surface area contributed by atoms with Crippen LogP contribution in [0.1, 0.15) is 43.5 Å². The monoisotopic (exact) mass is 430 g/mol. The molecule has 2 aromatic carbocycles. The fourth-order valence-corrected chi connectivity index (χ4v) is 5.34. The third-order valence-corrected chi connectivity index (χ3v) is 7.07. The lowest BCUT2D eigenvalue weighted by Crippen LogP contribution is -2.21. The molecule has 0 amide bonds. The van der Waals surface area contributed by atoms with Gasteiger partial charge in [0.15, 0.2) is 0 Å². The topological polar surface area (TPSA) is 88.4 Å². The molecule has 0 spiro atoms. The number of aryl methyl sites for hydroxylation is 1. The van der Waals surface area contributed by atoms with Gasteiger partial charge < -0.3 is 9.67 Å². The van der Waals surface area contributed by atoms with E-state index in [1.54, 1.807) is 18.2 Å². The van der Waals surface area contributed by atoms with Crippen LogP contribution in [0.4, 0.5) is 10.1 Å². The van der Waals surface area contributed by atoms with Gasteiger partial charge in [-0.1, -0.05) is 6.92 Å². The lowest BCUT2D eigenvalue weighted by molar-refractivity contribution is -0.140. The number of anilines is 1. The number of fused-ring (bicyclic) bond motifs is 3. The molecule has 8 heteroatoms. The normalized spacial score (nSPS) is 15.0. The van der Waals surface area contributed by atoms with E-state index in [2.05, 4.69) is 4.72 Å². The molecule has 3 aromatic rings. The molecule has 1 aliphatic rings. The number of aliphatic carboxylic acids is 1. The molecule has 158 valence electrons. The van der Waals surface area contributed by atoms with E-state index in [-0.39, 0.29) is 4.90 Å². The van der Waals surface area contributed by atoms with Crippen LogP contribution in [0.25, 0.3) is 10.9 Å². The molecule has 0 saturated heterocycles. The zero-order chi connectivity index (χ0) is 21.5. The molecule has 1 atom stereocenters. The third kappa shape index (κ3) is 3.56. The summed E-state index contributed by atoms with van der Waals surface area (Å²) in [5.74, 6) is -1.38. The van der Waals surface area contributed by atoms with E-state index in [0.717, 1.165) is 60.0 Å². The molecule has 30 heavy (non-hydrogen) atoms. The second-order valence-corrected chi connectivity index (χ2v) is 9.24. The number of rotatable bonds is 6. The highest BCUT2D eigenvalue weighted by molar-refractivity contribution is 7.92. The molecule has 1 heterocycles. The second kappa shape index (κ2) is 7.75. The van der Waals surface area contributed by atoms with Crippen LogP contribution >= 0.6 is 0 Å². The van der Waals surface area contributed by atoms with E-state index < -0.39 is 27.9 Å². The van der Waals surface area contributed by atoms with Crippen LogP contribution in [0, 0.1) is 5.82 Å². The van der Waals surface area contributed by atoms with Crippen LogP contribution in [0.2, 0.25) is 0 Å². The molecular weight excluding hydrogens is 407 g/mol. The summed E-state index contributed by atoms with van der Waals surface area (Å²) in [6.07, 6.45) is 4.13. The minimum Gasteiger partial charge on any atom is -0.480 e.